The molecule has 0 saturated heterocycles. The highest BCUT2D eigenvalue weighted by Crippen LogP contribution is 2.36. The van der Waals surface area contributed by atoms with Gasteiger partial charge in [-0.05, 0) is 37.1 Å². The van der Waals surface area contributed by atoms with Crippen LogP contribution >= 0.6 is 11.3 Å². The number of rotatable bonds is 9. The number of nitrogens with one attached hydrogen (secondary N) is 1. The third-order valence-corrected chi connectivity index (χ3v) is 5.21. The maximum atomic E-state index is 12.5. The SMILES string of the molecule is CCOC(=O)c1c(-c2ccccc2)csc1NC(=O)COC(=O)COc1cccc(C)c1. The van der Waals surface area contributed by atoms with Crippen molar-refractivity contribution >= 4 is 34.2 Å². The van der Waals surface area contributed by atoms with E-state index in [1.165, 1.54) is 11.3 Å². The maximum Gasteiger partial charge on any atom is 0.344 e. The molecule has 0 aliphatic heterocycles. The van der Waals surface area contributed by atoms with Crippen molar-refractivity contribution in [3.63, 3.8) is 0 Å². The summed E-state index contributed by atoms with van der Waals surface area (Å²) in [5.74, 6) is -1.24. The first-order chi connectivity index (χ1) is 15.5. The number of hydrogen-bond acceptors (Lipinski definition) is 7. The van der Waals surface area contributed by atoms with Gasteiger partial charge in [0.1, 0.15) is 16.3 Å². The lowest BCUT2D eigenvalue weighted by Crippen LogP contribution is -2.24. The van der Waals surface area contributed by atoms with Crippen LogP contribution in [0.3, 0.4) is 0 Å². The van der Waals surface area contributed by atoms with E-state index in [2.05, 4.69) is 5.32 Å². The molecule has 0 saturated carbocycles. The first-order valence-corrected chi connectivity index (χ1v) is 10.8. The van der Waals surface area contributed by atoms with Gasteiger partial charge in [-0.1, -0.05) is 42.5 Å². The lowest BCUT2D eigenvalue weighted by Gasteiger charge is -2.10. The van der Waals surface area contributed by atoms with Gasteiger partial charge in [-0.15, -0.1) is 11.3 Å². The van der Waals surface area contributed by atoms with Crippen molar-refractivity contribution < 1.29 is 28.6 Å². The Labute approximate surface area is 189 Å². The highest BCUT2D eigenvalue weighted by atomic mass is 32.1. The van der Waals surface area contributed by atoms with E-state index in [0.29, 0.717) is 16.3 Å². The number of benzene rings is 2. The number of esters is 2. The third-order valence-electron chi connectivity index (χ3n) is 4.32. The number of ether oxygens (including phenoxy) is 3. The average Bonchev–Trinajstić information content (AvgIpc) is 3.20. The van der Waals surface area contributed by atoms with Gasteiger partial charge in [0.15, 0.2) is 13.2 Å². The molecule has 7 nitrogen and oxygen atoms in total. The van der Waals surface area contributed by atoms with Crippen LogP contribution in [-0.4, -0.2) is 37.7 Å². The molecule has 1 aromatic heterocycles. The number of thiophene rings is 1. The van der Waals surface area contributed by atoms with Gasteiger partial charge in [-0.2, -0.15) is 0 Å². The summed E-state index contributed by atoms with van der Waals surface area (Å²) in [6.07, 6.45) is 0. The summed E-state index contributed by atoms with van der Waals surface area (Å²) < 4.78 is 15.5. The van der Waals surface area contributed by atoms with Gasteiger partial charge in [0.05, 0.1) is 6.61 Å². The van der Waals surface area contributed by atoms with Crippen LogP contribution in [0.1, 0.15) is 22.8 Å². The molecule has 0 aliphatic rings. The molecule has 0 fully saturated rings. The summed E-state index contributed by atoms with van der Waals surface area (Å²) >= 11 is 1.20. The third kappa shape index (κ3) is 6.18. The predicted molar refractivity (Wildman–Crippen MR) is 122 cm³/mol. The zero-order valence-corrected chi connectivity index (χ0v) is 18.6. The van der Waals surface area contributed by atoms with Crippen LogP contribution < -0.4 is 10.1 Å². The zero-order valence-electron chi connectivity index (χ0n) is 17.8. The fourth-order valence-corrected chi connectivity index (χ4v) is 3.86. The van der Waals surface area contributed by atoms with E-state index in [9.17, 15) is 14.4 Å². The maximum absolute atomic E-state index is 12.5. The standard InChI is InChI=1S/C24H23NO6S/c1-3-29-24(28)22-19(17-9-5-4-6-10-17)15-32-23(22)25-20(26)13-31-21(27)14-30-18-11-7-8-16(2)12-18/h4-12,15H,3,13-14H2,1-2H3,(H,25,26). The van der Waals surface area contributed by atoms with Crippen LogP contribution in [0.4, 0.5) is 5.00 Å². The molecule has 0 bridgehead atoms. The second kappa shape index (κ2) is 11.1. The Bertz CT molecular complexity index is 1090. The Morgan fingerprint density at radius 1 is 0.969 bits per heavy atom. The van der Waals surface area contributed by atoms with Gasteiger partial charge in [0, 0.05) is 10.9 Å². The highest BCUT2D eigenvalue weighted by Gasteiger charge is 2.23. The van der Waals surface area contributed by atoms with Gasteiger partial charge >= 0.3 is 11.9 Å². The van der Waals surface area contributed by atoms with Crippen molar-refractivity contribution in [2.24, 2.45) is 0 Å². The number of anilines is 1. The summed E-state index contributed by atoms with van der Waals surface area (Å²) in [5, 5.41) is 4.75. The van der Waals surface area contributed by atoms with E-state index in [1.54, 1.807) is 24.4 Å². The summed E-state index contributed by atoms with van der Waals surface area (Å²) in [6, 6.07) is 16.6. The number of hydrogen-bond donors (Lipinski definition) is 1. The highest BCUT2D eigenvalue weighted by molar-refractivity contribution is 7.15. The van der Waals surface area contributed by atoms with E-state index in [-0.39, 0.29) is 18.8 Å². The van der Waals surface area contributed by atoms with E-state index in [4.69, 9.17) is 14.2 Å². The minimum absolute atomic E-state index is 0.203. The molecule has 0 unspecified atom stereocenters. The van der Waals surface area contributed by atoms with Crippen LogP contribution in [-0.2, 0) is 19.1 Å². The van der Waals surface area contributed by atoms with Crippen LogP contribution in [0.5, 0.6) is 5.75 Å². The number of carbonyl (C=O) groups excluding carboxylic acids is 3. The topological polar surface area (TPSA) is 90.9 Å². The molecule has 3 rings (SSSR count). The molecule has 0 aliphatic carbocycles. The summed E-state index contributed by atoms with van der Waals surface area (Å²) in [6.45, 7) is 3.00. The predicted octanol–water partition coefficient (Wildman–Crippen LogP) is 4.46. The first kappa shape index (κ1) is 23.0. The average molecular weight is 454 g/mol. The minimum atomic E-state index is -0.677. The van der Waals surface area contributed by atoms with Crippen molar-refractivity contribution in [3.8, 4) is 16.9 Å². The molecular weight excluding hydrogens is 430 g/mol. The molecule has 3 aromatic rings. The van der Waals surface area contributed by atoms with Crippen molar-refractivity contribution in [2.75, 3.05) is 25.1 Å². The largest absolute Gasteiger partial charge is 0.482 e. The lowest BCUT2D eigenvalue weighted by atomic mass is 10.0. The van der Waals surface area contributed by atoms with Crippen molar-refractivity contribution in [1.82, 2.24) is 0 Å². The Hall–Kier alpha value is -3.65. The van der Waals surface area contributed by atoms with Gasteiger partial charge in [0.25, 0.3) is 5.91 Å². The molecule has 32 heavy (non-hydrogen) atoms. The number of carbonyl (C=O) groups is 3. The minimum Gasteiger partial charge on any atom is -0.482 e. The quantitative estimate of drug-likeness (QED) is 0.481. The smallest absolute Gasteiger partial charge is 0.344 e. The van der Waals surface area contributed by atoms with Crippen molar-refractivity contribution in [3.05, 3.63) is 71.1 Å². The lowest BCUT2D eigenvalue weighted by molar-refractivity contribution is -0.149. The normalized spacial score (nSPS) is 10.3. The molecule has 1 heterocycles. The second-order valence-corrected chi connectivity index (χ2v) is 7.63. The number of aryl methyl sites for hydroxylation is 1. The Morgan fingerprint density at radius 3 is 2.47 bits per heavy atom. The Kier molecular flexibility index (Phi) is 7.99. The van der Waals surface area contributed by atoms with Crippen LogP contribution in [0, 0.1) is 6.92 Å². The summed E-state index contributed by atoms with van der Waals surface area (Å²) in [4.78, 5) is 36.8. The van der Waals surface area contributed by atoms with Gasteiger partial charge in [-0.25, -0.2) is 9.59 Å². The summed E-state index contributed by atoms with van der Waals surface area (Å²) in [7, 11) is 0. The fourth-order valence-electron chi connectivity index (χ4n) is 2.88. The van der Waals surface area contributed by atoms with Crippen molar-refractivity contribution in [2.45, 2.75) is 13.8 Å². The van der Waals surface area contributed by atoms with E-state index in [0.717, 1.165) is 11.1 Å². The van der Waals surface area contributed by atoms with Crippen LogP contribution in [0.2, 0.25) is 0 Å². The molecule has 2 aromatic carbocycles. The second-order valence-electron chi connectivity index (χ2n) is 6.75. The Balaban J connectivity index is 1.61. The molecular formula is C24H23NO6S. The van der Waals surface area contributed by atoms with E-state index < -0.39 is 24.5 Å². The fraction of sp³-hybridized carbons (Fsp3) is 0.208. The number of amides is 1. The summed E-state index contributed by atoms with van der Waals surface area (Å²) in [5.41, 5.74) is 2.75. The van der Waals surface area contributed by atoms with Crippen LogP contribution in [0.25, 0.3) is 11.1 Å². The molecule has 166 valence electrons. The van der Waals surface area contributed by atoms with E-state index >= 15 is 0 Å². The molecule has 0 radical (unpaired) electrons. The molecule has 1 N–H and O–H groups in total. The molecule has 1 amide bonds. The van der Waals surface area contributed by atoms with Gasteiger partial charge < -0.3 is 19.5 Å². The molecule has 0 atom stereocenters. The van der Waals surface area contributed by atoms with Gasteiger partial charge in [-0.3, -0.25) is 4.79 Å². The van der Waals surface area contributed by atoms with Gasteiger partial charge in [0.2, 0.25) is 0 Å². The monoisotopic (exact) mass is 453 g/mol. The molecule has 0 spiro atoms. The van der Waals surface area contributed by atoms with E-state index in [1.807, 2.05) is 49.4 Å². The first-order valence-electron chi connectivity index (χ1n) is 9.97. The molecule has 8 heteroatoms. The van der Waals surface area contributed by atoms with Crippen molar-refractivity contribution in [1.29, 1.82) is 0 Å². The zero-order chi connectivity index (χ0) is 22.9. The van der Waals surface area contributed by atoms with Crippen LogP contribution in [0.15, 0.2) is 60.0 Å². The Morgan fingerprint density at radius 2 is 1.75 bits per heavy atom.